The molecule has 0 spiro atoms. The molecule has 1 aromatic rings. The standard InChI is InChI=1S/C9H10N2O.C3H9N/c1-6-3-2-4-7-9(6)10-5-8(12)11-7;1-2-3-4/h2-4,10H,5H2,1H3,(H,11,12);2-4H2,1H3. The van der Waals surface area contributed by atoms with Crippen LogP contribution in [0.2, 0.25) is 0 Å². The molecule has 2 rings (SSSR count). The predicted octanol–water partition coefficient (Wildman–Crippen LogP) is 1.71. The van der Waals surface area contributed by atoms with Crippen LogP contribution in [-0.4, -0.2) is 19.0 Å². The zero-order valence-corrected chi connectivity index (χ0v) is 9.84. The maximum absolute atomic E-state index is 11.0. The summed E-state index contributed by atoms with van der Waals surface area (Å²) in [7, 11) is 0. The number of para-hydroxylation sites is 1. The number of aryl methyl sites for hydroxylation is 1. The van der Waals surface area contributed by atoms with Gasteiger partial charge in [-0.15, -0.1) is 0 Å². The number of rotatable bonds is 1. The number of benzene rings is 1. The summed E-state index contributed by atoms with van der Waals surface area (Å²) in [6.45, 7) is 5.27. The van der Waals surface area contributed by atoms with Gasteiger partial charge in [-0.2, -0.15) is 0 Å². The third-order valence-corrected chi connectivity index (χ3v) is 2.26. The van der Waals surface area contributed by atoms with Crippen molar-refractivity contribution in [1.29, 1.82) is 0 Å². The van der Waals surface area contributed by atoms with Crippen LogP contribution in [0.5, 0.6) is 0 Å². The molecule has 0 atom stereocenters. The predicted molar refractivity (Wildman–Crippen MR) is 67.6 cm³/mol. The third kappa shape index (κ3) is 3.24. The molecule has 1 aromatic carbocycles. The van der Waals surface area contributed by atoms with Crippen LogP contribution in [0, 0.1) is 6.92 Å². The van der Waals surface area contributed by atoms with Crippen molar-refractivity contribution >= 4 is 17.3 Å². The summed E-state index contributed by atoms with van der Waals surface area (Å²) in [6, 6.07) is 5.84. The fourth-order valence-corrected chi connectivity index (χ4v) is 1.37. The minimum Gasteiger partial charge on any atom is -0.374 e. The summed E-state index contributed by atoms with van der Waals surface area (Å²) < 4.78 is 0. The third-order valence-electron chi connectivity index (χ3n) is 2.26. The molecule has 0 saturated heterocycles. The first-order valence-corrected chi connectivity index (χ1v) is 5.52. The number of fused-ring (bicyclic) bond motifs is 1. The van der Waals surface area contributed by atoms with Crippen LogP contribution in [0.25, 0.3) is 0 Å². The van der Waals surface area contributed by atoms with E-state index in [0.29, 0.717) is 6.54 Å². The average Bonchev–Trinajstić information content (AvgIpc) is 2.29. The van der Waals surface area contributed by atoms with Gasteiger partial charge in [-0.25, -0.2) is 0 Å². The molecule has 1 heterocycles. The Hall–Kier alpha value is -1.55. The first kappa shape index (κ1) is 12.5. The topological polar surface area (TPSA) is 67.1 Å². The molecule has 88 valence electrons. The number of nitrogens with one attached hydrogen (secondary N) is 2. The molecule has 0 aliphatic carbocycles. The van der Waals surface area contributed by atoms with Crippen LogP contribution < -0.4 is 16.4 Å². The lowest BCUT2D eigenvalue weighted by Crippen LogP contribution is -2.27. The Kier molecular flexibility index (Phi) is 4.79. The molecule has 1 aliphatic heterocycles. The molecule has 16 heavy (non-hydrogen) atoms. The number of carbonyl (C=O) groups excluding carboxylic acids is 1. The van der Waals surface area contributed by atoms with Crippen LogP contribution in [0.1, 0.15) is 18.9 Å². The molecule has 4 N–H and O–H groups in total. The Bertz CT molecular complexity index is 361. The maximum atomic E-state index is 11.0. The number of nitrogens with two attached hydrogens (primary N) is 1. The fraction of sp³-hybridized carbons (Fsp3) is 0.417. The molecule has 1 amide bonds. The average molecular weight is 221 g/mol. The fourth-order valence-electron chi connectivity index (χ4n) is 1.37. The monoisotopic (exact) mass is 221 g/mol. The van der Waals surface area contributed by atoms with E-state index in [1.165, 1.54) is 0 Å². The summed E-state index contributed by atoms with van der Waals surface area (Å²) in [5, 5.41) is 5.87. The number of hydrogen-bond donors (Lipinski definition) is 3. The molecule has 4 nitrogen and oxygen atoms in total. The van der Waals surface area contributed by atoms with Crippen molar-refractivity contribution in [3.8, 4) is 0 Å². The highest BCUT2D eigenvalue weighted by atomic mass is 16.2. The second-order valence-electron chi connectivity index (χ2n) is 3.69. The molecule has 0 radical (unpaired) electrons. The van der Waals surface area contributed by atoms with Crippen LogP contribution in [-0.2, 0) is 4.79 Å². The molecule has 4 heteroatoms. The minimum atomic E-state index is 0.0214. The Labute approximate surface area is 96.2 Å². The summed E-state index contributed by atoms with van der Waals surface area (Å²) in [4.78, 5) is 11.0. The van der Waals surface area contributed by atoms with Crippen molar-refractivity contribution in [2.24, 2.45) is 5.73 Å². The summed E-state index contributed by atoms with van der Waals surface area (Å²) >= 11 is 0. The van der Waals surface area contributed by atoms with Gasteiger partial charge in [0.15, 0.2) is 0 Å². The number of anilines is 2. The summed E-state index contributed by atoms with van der Waals surface area (Å²) in [5.74, 6) is 0.0214. The SMILES string of the molecule is CCCN.Cc1cccc2c1NCC(=O)N2. The van der Waals surface area contributed by atoms with Crippen molar-refractivity contribution in [2.45, 2.75) is 20.3 Å². The zero-order valence-electron chi connectivity index (χ0n) is 9.84. The maximum Gasteiger partial charge on any atom is 0.243 e. The highest BCUT2D eigenvalue weighted by Crippen LogP contribution is 2.27. The quantitative estimate of drug-likeness (QED) is 0.676. The smallest absolute Gasteiger partial charge is 0.243 e. The van der Waals surface area contributed by atoms with Crippen LogP contribution in [0.15, 0.2) is 18.2 Å². The van der Waals surface area contributed by atoms with E-state index < -0.39 is 0 Å². The highest BCUT2D eigenvalue weighted by molar-refractivity contribution is 6.01. The Morgan fingerprint density at radius 3 is 2.75 bits per heavy atom. The first-order chi connectivity index (χ1) is 7.69. The summed E-state index contributed by atoms with van der Waals surface area (Å²) in [6.07, 6.45) is 1.10. The van der Waals surface area contributed by atoms with Gasteiger partial charge in [0.1, 0.15) is 0 Å². The lowest BCUT2D eigenvalue weighted by Gasteiger charge is -2.19. The van der Waals surface area contributed by atoms with E-state index >= 15 is 0 Å². The molecular formula is C12H19N3O. The normalized spacial score (nSPS) is 12.8. The van der Waals surface area contributed by atoms with E-state index in [1.54, 1.807) is 0 Å². The van der Waals surface area contributed by atoms with Crippen LogP contribution in [0.3, 0.4) is 0 Å². The highest BCUT2D eigenvalue weighted by Gasteiger charge is 2.14. The van der Waals surface area contributed by atoms with Gasteiger partial charge < -0.3 is 16.4 Å². The van der Waals surface area contributed by atoms with Crippen molar-refractivity contribution in [2.75, 3.05) is 23.7 Å². The van der Waals surface area contributed by atoms with E-state index in [0.717, 1.165) is 29.9 Å². The van der Waals surface area contributed by atoms with Gasteiger partial charge in [0.05, 0.1) is 17.9 Å². The van der Waals surface area contributed by atoms with Crippen molar-refractivity contribution < 1.29 is 4.79 Å². The lowest BCUT2D eigenvalue weighted by molar-refractivity contribution is -0.114. The number of carbonyl (C=O) groups is 1. The molecular weight excluding hydrogens is 202 g/mol. The largest absolute Gasteiger partial charge is 0.374 e. The molecule has 0 fully saturated rings. The molecule has 0 saturated carbocycles. The van der Waals surface area contributed by atoms with Gasteiger partial charge >= 0.3 is 0 Å². The Morgan fingerprint density at radius 1 is 1.44 bits per heavy atom. The molecule has 1 aliphatic rings. The second-order valence-corrected chi connectivity index (χ2v) is 3.69. The molecule has 0 aromatic heterocycles. The Balaban J connectivity index is 0.000000280. The van der Waals surface area contributed by atoms with Gasteiger partial charge in [-0.1, -0.05) is 19.1 Å². The molecule has 0 unspecified atom stereocenters. The number of hydrogen-bond acceptors (Lipinski definition) is 3. The van der Waals surface area contributed by atoms with E-state index in [2.05, 4.69) is 17.6 Å². The van der Waals surface area contributed by atoms with Crippen molar-refractivity contribution in [1.82, 2.24) is 0 Å². The zero-order chi connectivity index (χ0) is 12.0. The van der Waals surface area contributed by atoms with Gasteiger partial charge in [0.2, 0.25) is 5.91 Å². The van der Waals surface area contributed by atoms with Crippen molar-refractivity contribution in [3.05, 3.63) is 23.8 Å². The summed E-state index contributed by atoms with van der Waals surface area (Å²) in [5.41, 5.74) is 8.11. The number of amides is 1. The van der Waals surface area contributed by atoms with Gasteiger partial charge in [0, 0.05) is 0 Å². The lowest BCUT2D eigenvalue weighted by atomic mass is 10.1. The van der Waals surface area contributed by atoms with Crippen LogP contribution in [0.4, 0.5) is 11.4 Å². The van der Waals surface area contributed by atoms with Crippen LogP contribution >= 0.6 is 0 Å². The van der Waals surface area contributed by atoms with Gasteiger partial charge in [0.25, 0.3) is 0 Å². The van der Waals surface area contributed by atoms with Crippen molar-refractivity contribution in [3.63, 3.8) is 0 Å². The van der Waals surface area contributed by atoms with E-state index in [1.807, 2.05) is 25.1 Å². The molecule has 0 bridgehead atoms. The Morgan fingerprint density at radius 2 is 2.12 bits per heavy atom. The van der Waals surface area contributed by atoms with Gasteiger partial charge in [-0.3, -0.25) is 4.79 Å². The first-order valence-electron chi connectivity index (χ1n) is 5.52. The second kappa shape index (κ2) is 6.12. The van der Waals surface area contributed by atoms with E-state index in [-0.39, 0.29) is 5.91 Å². The minimum absolute atomic E-state index is 0.0214. The van der Waals surface area contributed by atoms with E-state index in [9.17, 15) is 4.79 Å². The van der Waals surface area contributed by atoms with E-state index in [4.69, 9.17) is 5.73 Å². The van der Waals surface area contributed by atoms with Gasteiger partial charge in [-0.05, 0) is 31.5 Å².